The molecule has 1 aliphatic heterocycles. The smallest absolute Gasteiger partial charge is 0.143 e. The summed E-state index contributed by atoms with van der Waals surface area (Å²) >= 11 is 11.4. The first kappa shape index (κ1) is 44.7. The third kappa shape index (κ3) is 11.3. The molecule has 4 aromatic heterocycles. The summed E-state index contributed by atoms with van der Waals surface area (Å²) in [6, 6.07) is 38.8. The number of rotatable bonds is 12. The highest BCUT2D eigenvalue weighted by molar-refractivity contribution is 8.02. The minimum Gasteiger partial charge on any atom is -0.506 e. The SMILES string of the molecule is Oc1c2cc(CSc3ccccn3)cc1Sc1cc(CSc3ccccn3)cc(c1O)Sc1cc(CSc3ccccn3)cc(c1O)Sc1cc(CSc3ccccn3)cc(c1O)S2. The second kappa shape index (κ2) is 21.2. The maximum Gasteiger partial charge on any atom is 0.143 e. The summed E-state index contributed by atoms with van der Waals surface area (Å²) in [5.41, 5.74) is 3.73. The average molecular weight is 989 g/mol. The molecule has 1 aliphatic rings. The van der Waals surface area contributed by atoms with Crippen LogP contribution in [0.25, 0.3) is 0 Å². The Labute approximate surface area is 404 Å². The van der Waals surface area contributed by atoms with Crippen LogP contribution in [-0.4, -0.2) is 40.4 Å². The van der Waals surface area contributed by atoms with Crippen molar-refractivity contribution in [2.24, 2.45) is 0 Å². The zero-order valence-electron chi connectivity index (χ0n) is 33.5. The van der Waals surface area contributed by atoms with Gasteiger partial charge < -0.3 is 20.4 Å². The van der Waals surface area contributed by atoms with Crippen molar-refractivity contribution in [2.75, 3.05) is 0 Å². The summed E-state index contributed by atoms with van der Waals surface area (Å²) in [5, 5.41) is 52.1. The Morgan fingerprint density at radius 2 is 0.516 bits per heavy atom. The van der Waals surface area contributed by atoms with E-state index >= 15 is 0 Å². The van der Waals surface area contributed by atoms with Gasteiger partial charge in [-0.15, -0.1) is 47.0 Å². The van der Waals surface area contributed by atoms with E-state index in [1.165, 1.54) is 47.0 Å². The molecular formula is C48H36N4O4S8. The fourth-order valence-corrected chi connectivity index (χ4v) is 14.0. The van der Waals surface area contributed by atoms with Crippen molar-refractivity contribution >= 4 is 94.1 Å². The van der Waals surface area contributed by atoms with Crippen molar-refractivity contribution in [3.8, 4) is 23.0 Å². The van der Waals surface area contributed by atoms with Crippen molar-refractivity contribution in [1.29, 1.82) is 0 Å². The number of thioether (sulfide) groups is 4. The van der Waals surface area contributed by atoms with E-state index in [1.54, 1.807) is 71.8 Å². The van der Waals surface area contributed by atoms with Gasteiger partial charge in [-0.25, -0.2) is 19.9 Å². The Kier molecular flexibility index (Phi) is 14.8. The van der Waals surface area contributed by atoms with Crippen LogP contribution in [0.2, 0.25) is 0 Å². The number of aromatic hydroxyl groups is 4. The van der Waals surface area contributed by atoms with Gasteiger partial charge in [-0.3, -0.25) is 0 Å². The molecule has 64 heavy (non-hydrogen) atoms. The fourth-order valence-electron chi connectivity index (χ4n) is 6.33. The number of nitrogens with zero attached hydrogens (tertiary/aromatic N) is 4. The Bertz CT molecular complexity index is 2420. The molecule has 320 valence electrons. The van der Waals surface area contributed by atoms with Gasteiger partial charge in [0.25, 0.3) is 0 Å². The van der Waals surface area contributed by atoms with Gasteiger partial charge >= 0.3 is 0 Å². The van der Waals surface area contributed by atoms with Crippen molar-refractivity contribution in [2.45, 2.75) is 82.3 Å². The minimum atomic E-state index is 0.0373. The highest BCUT2D eigenvalue weighted by atomic mass is 32.2. The van der Waals surface area contributed by atoms with E-state index in [0.29, 0.717) is 62.2 Å². The highest BCUT2D eigenvalue weighted by Crippen LogP contribution is 2.54. The van der Waals surface area contributed by atoms with Gasteiger partial charge in [-0.2, -0.15) is 0 Å². The molecule has 4 aromatic carbocycles. The number of fused-ring (bicyclic) bond motifs is 8. The van der Waals surface area contributed by atoms with Crippen LogP contribution in [0.1, 0.15) is 22.3 Å². The topological polar surface area (TPSA) is 132 Å². The Balaban J connectivity index is 1.18. The summed E-state index contributed by atoms with van der Waals surface area (Å²) in [6.45, 7) is 0. The average Bonchev–Trinajstić information content (AvgIpc) is 3.32. The van der Waals surface area contributed by atoms with Crippen LogP contribution in [-0.2, 0) is 23.0 Å². The van der Waals surface area contributed by atoms with E-state index in [1.807, 2.05) is 121 Å². The van der Waals surface area contributed by atoms with Gasteiger partial charge in [0.2, 0.25) is 0 Å². The number of benzene rings is 4. The Hall–Kier alpha value is -4.52. The molecule has 8 aromatic rings. The number of phenolic OH excluding ortho intramolecular Hbond substituents is 4. The van der Waals surface area contributed by atoms with Gasteiger partial charge in [0.1, 0.15) is 23.0 Å². The zero-order valence-corrected chi connectivity index (χ0v) is 40.1. The molecule has 5 heterocycles. The highest BCUT2D eigenvalue weighted by Gasteiger charge is 2.24. The predicted octanol–water partition coefficient (Wildman–Crippen LogP) is 14.2. The Morgan fingerprint density at radius 1 is 0.312 bits per heavy atom. The van der Waals surface area contributed by atoms with Gasteiger partial charge in [0.05, 0.1) is 59.3 Å². The van der Waals surface area contributed by atoms with Crippen molar-refractivity contribution in [3.63, 3.8) is 0 Å². The molecule has 0 amide bonds. The quantitative estimate of drug-likeness (QED) is 0.0865. The molecule has 16 heteroatoms. The first-order valence-corrected chi connectivity index (χ1v) is 26.8. The van der Waals surface area contributed by atoms with Crippen LogP contribution in [0.4, 0.5) is 0 Å². The lowest BCUT2D eigenvalue weighted by Crippen LogP contribution is -1.93. The molecule has 0 radical (unpaired) electrons. The van der Waals surface area contributed by atoms with E-state index in [4.69, 9.17) is 0 Å². The largest absolute Gasteiger partial charge is 0.506 e. The first-order valence-electron chi connectivity index (χ1n) is 19.6. The van der Waals surface area contributed by atoms with Crippen molar-refractivity contribution < 1.29 is 20.4 Å². The van der Waals surface area contributed by atoms with Gasteiger partial charge in [-0.1, -0.05) is 71.3 Å². The summed E-state index contributed by atoms with van der Waals surface area (Å²) in [6.07, 6.45) is 7.07. The van der Waals surface area contributed by atoms with Gasteiger partial charge in [-0.05, 0) is 119 Å². The van der Waals surface area contributed by atoms with Gasteiger partial charge in [0, 0.05) is 47.8 Å². The van der Waals surface area contributed by atoms with E-state index in [9.17, 15) is 20.4 Å². The fraction of sp³-hybridized carbons (Fsp3) is 0.0833. The monoisotopic (exact) mass is 988 g/mol. The number of hydrogen-bond donors (Lipinski definition) is 4. The van der Waals surface area contributed by atoms with Crippen LogP contribution in [0.3, 0.4) is 0 Å². The van der Waals surface area contributed by atoms with Crippen LogP contribution in [0.15, 0.2) is 205 Å². The first-order chi connectivity index (χ1) is 31.3. The zero-order chi connectivity index (χ0) is 43.8. The molecule has 0 unspecified atom stereocenters. The number of pyridine rings is 4. The van der Waals surface area contributed by atoms with Crippen molar-refractivity contribution in [3.05, 3.63) is 168 Å². The third-order valence-corrected chi connectivity index (χ3v) is 17.7. The van der Waals surface area contributed by atoms with Crippen LogP contribution in [0, 0.1) is 0 Å². The molecule has 0 saturated carbocycles. The molecule has 0 saturated heterocycles. The summed E-state index contributed by atoms with van der Waals surface area (Å²) in [4.78, 5) is 22.4. The normalized spacial score (nSPS) is 12.2. The van der Waals surface area contributed by atoms with Crippen LogP contribution in [0.5, 0.6) is 23.0 Å². The summed E-state index contributed by atoms with van der Waals surface area (Å²) in [7, 11) is 0. The lowest BCUT2D eigenvalue weighted by atomic mass is 10.2. The maximum atomic E-state index is 12.2. The minimum absolute atomic E-state index is 0.0373. The Morgan fingerprint density at radius 3 is 0.688 bits per heavy atom. The van der Waals surface area contributed by atoms with E-state index in [2.05, 4.69) is 19.9 Å². The molecule has 4 N–H and O–H groups in total. The molecule has 0 atom stereocenters. The third-order valence-electron chi connectivity index (χ3n) is 9.38. The second-order valence-electron chi connectivity index (χ2n) is 14.0. The lowest BCUT2D eigenvalue weighted by molar-refractivity contribution is 0.443. The molecule has 8 bridgehead atoms. The van der Waals surface area contributed by atoms with Crippen LogP contribution >= 0.6 is 94.1 Å². The maximum absolute atomic E-state index is 12.2. The van der Waals surface area contributed by atoms with E-state index in [-0.39, 0.29) is 23.0 Å². The van der Waals surface area contributed by atoms with Crippen LogP contribution < -0.4 is 0 Å². The molecule has 9 rings (SSSR count). The molecule has 0 aliphatic carbocycles. The molecular weight excluding hydrogens is 953 g/mol. The van der Waals surface area contributed by atoms with Crippen molar-refractivity contribution in [1.82, 2.24) is 19.9 Å². The molecule has 8 nitrogen and oxygen atoms in total. The van der Waals surface area contributed by atoms with Gasteiger partial charge in [0.15, 0.2) is 0 Å². The number of phenols is 4. The summed E-state index contributed by atoms with van der Waals surface area (Å²) < 4.78 is 0. The molecule has 0 fully saturated rings. The number of hydrogen-bond acceptors (Lipinski definition) is 16. The second-order valence-corrected chi connectivity index (χ2v) is 22.3. The molecule has 0 spiro atoms. The standard InChI is InChI=1S/C48H36N4O4S8/c53-45-33-17-29(25-57-41-9-1-5-13-49-41)18-34(45)62-36-20-31(27-59-43-11-3-7-15-51-43)22-38(47(36)55)64-40-24-32(28-60-44-12-4-8-16-52-44)23-39(48(40)56)63-37-21-30(19-35(61-33)46(37)54)26-58-42-10-2-6-14-50-42/h1-24,53-56H,25-28H2. The van der Waals surface area contributed by atoms with E-state index < -0.39 is 0 Å². The summed E-state index contributed by atoms with van der Waals surface area (Å²) in [5.74, 6) is 2.41. The number of aromatic nitrogens is 4. The van der Waals surface area contributed by atoms with E-state index in [0.717, 1.165) is 42.4 Å². The lowest BCUT2D eigenvalue weighted by Gasteiger charge is -2.19. The predicted molar refractivity (Wildman–Crippen MR) is 264 cm³/mol.